The summed E-state index contributed by atoms with van der Waals surface area (Å²) in [6.07, 6.45) is -3.77. The SMILES string of the molecule is C[C@H](Nc1cc(Cl)nc2c1cnn2C[C@H]1O[C@H](COP(=O)(O)CP(=O)(O)O)[C@@H](O)[C@H]1O)c1ccccc1F. The average Bonchev–Trinajstić information content (AvgIpc) is 3.32. The van der Waals surface area contributed by atoms with Gasteiger partial charge in [0.2, 0.25) is 0 Å². The summed E-state index contributed by atoms with van der Waals surface area (Å²) in [4.78, 5) is 31.7. The van der Waals surface area contributed by atoms with E-state index in [1.165, 1.54) is 16.9 Å². The summed E-state index contributed by atoms with van der Waals surface area (Å²) in [5.74, 6) is -1.77. The fraction of sp³-hybridized carbons (Fsp3) is 0.429. The summed E-state index contributed by atoms with van der Waals surface area (Å²) >= 11 is 6.23. The smallest absolute Gasteiger partial charge is 0.340 e. The summed E-state index contributed by atoms with van der Waals surface area (Å²) in [7, 11) is -9.51. The number of nitrogens with one attached hydrogen (secondary N) is 1. The average molecular weight is 595 g/mol. The van der Waals surface area contributed by atoms with Crippen LogP contribution in [0.5, 0.6) is 0 Å². The maximum atomic E-state index is 14.2. The van der Waals surface area contributed by atoms with E-state index in [1.807, 2.05) is 0 Å². The highest BCUT2D eigenvalue weighted by Gasteiger charge is 2.44. The van der Waals surface area contributed by atoms with Gasteiger partial charge in [0.25, 0.3) is 0 Å². The molecular weight excluding hydrogens is 569 g/mol. The number of anilines is 1. The van der Waals surface area contributed by atoms with E-state index < -0.39 is 58.2 Å². The number of benzene rings is 1. The number of halogens is 2. The van der Waals surface area contributed by atoms with Gasteiger partial charge in [-0.2, -0.15) is 5.10 Å². The van der Waals surface area contributed by atoms with Gasteiger partial charge in [-0.05, 0) is 19.1 Å². The Hall–Kier alpha value is -1.96. The molecule has 4 rings (SSSR count). The van der Waals surface area contributed by atoms with Crippen molar-refractivity contribution >= 4 is 43.5 Å². The minimum Gasteiger partial charge on any atom is -0.388 e. The van der Waals surface area contributed by atoms with Crippen LogP contribution < -0.4 is 5.32 Å². The third-order valence-electron chi connectivity index (χ3n) is 5.94. The highest BCUT2D eigenvalue weighted by Crippen LogP contribution is 2.55. The molecule has 0 saturated carbocycles. The minimum absolute atomic E-state index is 0.104. The first kappa shape index (κ1) is 29.0. The van der Waals surface area contributed by atoms with Gasteiger partial charge in [0.1, 0.15) is 35.4 Å². The fourth-order valence-electron chi connectivity index (χ4n) is 4.16. The molecule has 0 bridgehead atoms. The Morgan fingerprint density at radius 3 is 2.58 bits per heavy atom. The standard InChI is InChI=1S/C21H26ClFN4O9P2/c1-11(12-4-2-3-5-14(12)23)25-15-6-18(22)26-21-13(15)7-24-27(21)8-16-19(28)20(29)17(36-16)9-35-38(33,34)10-37(30,31)32/h2-7,11,16-17,19-20,28-29H,8-10H2,1H3,(H,25,26)(H,33,34)(H2,30,31,32)/t11-,16+,17+,19-,20+/m0/s1. The minimum atomic E-state index is -4.83. The quantitative estimate of drug-likeness (QED) is 0.148. The molecule has 6 N–H and O–H groups in total. The van der Waals surface area contributed by atoms with Crippen molar-refractivity contribution in [2.45, 2.75) is 43.9 Å². The Kier molecular flexibility index (Phi) is 8.61. The molecular formula is C21H26ClFN4O9P2. The summed E-state index contributed by atoms with van der Waals surface area (Å²) in [6, 6.07) is 7.47. The predicted octanol–water partition coefficient (Wildman–Crippen LogP) is 2.22. The normalized spacial score (nSPS) is 24.4. The lowest BCUT2D eigenvalue weighted by molar-refractivity contribution is -0.0234. The van der Waals surface area contributed by atoms with Gasteiger partial charge in [0.05, 0.1) is 36.5 Å². The zero-order valence-electron chi connectivity index (χ0n) is 19.8. The lowest BCUT2D eigenvalue weighted by atomic mass is 10.1. The van der Waals surface area contributed by atoms with Gasteiger partial charge in [0.15, 0.2) is 11.6 Å². The molecule has 208 valence electrons. The van der Waals surface area contributed by atoms with E-state index in [1.54, 1.807) is 31.2 Å². The highest BCUT2D eigenvalue weighted by molar-refractivity contribution is 7.70. The molecule has 0 spiro atoms. The van der Waals surface area contributed by atoms with Gasteiger partial charge in [-0.25, -0.2) is 14.1 Å². The summed E-state index contributed by atoms with van der Waals surface area (Å²) in [6.45, 7) is 0.974. The van der Waals surface area contributed by atoms with Crippen LogP contribution in [-0.2, 0) is 24.9 Å². The molecule has 17 heteroatoms. The van der Waals surface area contributed by atoms with Gasteiger partial charge >= 0.3 is 15.2 Å². The summed E-state index contributed by atoms with van der Waals surface area (Å²) in [5, 5.41) is 28.9. The van der Waals surface area contributed by atoms with Crippen LogP contribution in [-0.4, -0.2) is 76.6 Å². The number of hydrogen-bond donors (Lipinski definition) is 6. The van der Waals surface area contributed by atoms with Crippen LogP contribution >= 0.6 is 26.8 Å². The lowest BCUT2D eigenvalue weighted by Gasteiger charge is -2.18. The Morgan fingerprint density at radius 1 is 1.21 bits per heavy atom. The van der Waals surface area contributed by atoms with E-state index in [9.17, 15) is 28.6 Å². The van der Waals surface area contributed by atoms with E-state index in [2.05, 4.69) is 15.4 Å². The van der Waals surface area contributed by atoms with Crippen molar-refractivity contribution in [3.8, 4) is 0 Å². The Bertz CT molecular complexity index is 1410. The second-order valence-electron chi connectivity index (χ2n) is 8.88. The molecule has 0 aliphatic carbocycles. The van der Waals surface area contributed by atoms with Gasteiger partial charge in [-0.3, -0.25) is 9.13 Å². The number of nitrogens with zero attached hydrogens (tertiary/aromatic N) is 3. The maximum Gasteiger partial charge on any atom is 0.340 e. The maximum absolute atomic E-state index is 14.2. The zero-order chi connectivity index (χ0) is 27.8. The lowest BCUT2D eigenvalue weighted by Crippen LogP contribution is -2.35. The van der Waals surface area contributed by atoms with Gasteiger partial charge in [-0.1, -0.05) is 29.8 Å². The first-order chi connectivity index (χ1) is 17.7. The van der Waals surface area contributed by atoms with Crippen LogP contribution in [0.3, 0.4) is 0 Å². The third kappa shape index (κ3) is 6.78. The van der Waals surface area contributed by atoms with E-state index in [4.69, 9.17) is 30.6 Å². The van der Waals surface area contributed by atoms with E-state index in [-0.39, 0.29) is 17.5 Å². The number of fused-ring (bicyclic) bond motifs is 1. The fourth-order valence-corrected chi connectivity index (χ4v) is 6.91. The first-order valence-corrected chi connectivity index (χ1v) is 15.2. The molecule has 1 fully saturated rings. The Morgan fingerprint density at radius 2 is 1.89 bits per heavy atom. The van der Waals surface area contributed by atoms with Crippen molar-refractivity contribution in [3.05, 3.63) is 53.1 Å². The van der Waals surface area contributed by atoms with Crippen LogP contribution in [0.15, 0.2) is 36.5 Å². The molecule has 13 nitrogen and oxygen atoms in total. The van der Waals surface area contributed by atoms with Gasteiger partial charge < -0.3 is 39.5 Å². The molecule has 2 aromatic heterocycles. The number of aliphatic hydroxyl groups excluding tert-OH is 2. The number of ether oxygens (including phenoxy) is 1. The van der Waals surface area contributed by atoms with Crippen molar-refractivity contribution in [2.75, 3.05) is 17.8 Å². The van der Waals surface area contributed by atoms with Crippen LogP contribution in [0.2, 0.25) is 5.15 Å². The second kappa shape index (κ2) is 11.3. The molecule has 6 atom stereocenters. The molecule has 1 saturated heterocycles. The third-order valence-corrected chi connectivity index (χ3v) is 9.59. The number of pyridine rings is 1. The van der Waals surface area contributed by atoms with E-state index in [0.29, 0.717) is 22.3 Å². The molecule has 1 aliphatic heterocycles. The highest BCUT2D eigenvalue weighted by atomic mass is 35.5. The first-order valence-electron chi connectivity index (χ1n) is 11.3. The molecule has 38 heavy (non-hydrogen) atoms. The van der Waals surface area contributed by atoms with Crippen LogP contribution in [0.4, 0.5) is 10.1 Å². The molecule has 3 heterocycles. The van der Waals surface area contributed by atoms with Crippen LogP contribution in [0.25, 0.3) is 11.0 Å². The summed E-state index contributed by atoms with van der Waals surface area (Å²) < 4.78 is 48.8. The van der Waals surface area contributed by atoms with Crippen molar-refractivity contribution in [2.24, 2.45) is 0 Å². The predicted molar refractivity (Wildman–Crippen MR) is 134 cm³/mol. The number of hydrogen-bond acceptors (Lipinski definition) is 9. The second-order valence-corrected chi connectivity index (χ2v) is 13.3. The van der Waals surface area contributed by atoms with Gasteiger partial charge in [-0.15, -0.1) is 0 Å². The molecule has 3 aromatic rings. The Labute approximate surface area is 220 Å². The number of aliphatic hydroxyl groups is 2. The van der Waals surface area contributed by atoms with Crippen molar-refractivity contribution in [3.63, 3.8) is 0 Å². The Balaban J connectivity index is 1.49. The van der Waals surface area contributed by atoms with Crippen LogP contribution in [0.1, 0.15) is 18.5 Å². The molecule has 0 radical (unpaired) electrons. The number of aromatic nitrogens is 3. The summed E-state index contributed by atoms with van der Waals surface area (Å²) in [5.41, 5.74) is 1.29. The van der Waals surface area contributed by atoms with E-state index in [0.717, 1.165) is 0 Å². The van der Waals surface area contributed by atoms with Crippen LogP contribution in [0, 0.1) is 5.82 Å². The molecule has 1 aliphatic rings. The molecule has 0 amide bonds. The zero-order valence-corrected chi connectivity index (χ0v) is 22.4. The van der Waals surface area contributed by atoms with Gasteiger partial charge in [0, 0.05) is 5.56 Å². The topological polar surface area (TPSA) is 196 Å². The number of rotatable bonds is 10. The van der Waals surface area contributed by atoms with Crippen molar-refractivity contribution in [1.29, 1.82) is 0 Å². The largest absolute Gasteiger partial charge is 0.388 e. The van der Waals surface area contributed by atoms with E-state index >= 15 is 0 Å². The molecule has 1 unspecified atom stereocenters. The van der Waals surface area contributed by atoms with Crippen molar-refractivity contribution < 1.29 is 47.7 Å². The van der Waals surface area contributed by atoms with Crippen molar-refractivity contribution in [1.82, 2.24) is 14.8 Å². The monoisotopic (exact) mass is 594 g/mol. The molecule has 1 aromatic carbocycles.